The van der Waals surface area contributed by atoms with E-state index in [2.05, 4.69) is 5.10 Å². The summed E-state index contributed by atoms with van der Waals surface area (Å²) < 4.78 is 19.0. The number of carbonyl (C=O) groups excluding carboxylic acids is 1. The highest BCUT2D eigenvalue weighted by Gasteiger charge is 2.13. The van der Waals surface area contributed by atoms with Crippen LogP contribution in [0.25, 0.3) is 0 Å². The van der Waals surface area contributed by atoms with E-state index in [1.807, 2.05) is 0 Å². The van der Waals surface area contributed by atoms with Gasteiger partial charge in [-0.15, -0.1) is 0 Å². The highest BCUT2D eigenvalue weighted by Crippen LogP contribution is 2.14. The van der Waals surface area contributed by atoms with Gasteiger partial charge in [0.15, 0.2) is 5.69 Å². The summed E-state index contributed by atoms with van der Waals surface area (Å²) in [7, 11) is 1.62. The fourth-order valence-electron chi connectivity index (χ4n) is 1.24. The molecule has 0 radical (unpaired) electrons. The maximum Gasteiger partial charge on any atom is 0.364 e. The number of nitrogen functional groups attached to an aromatic ring is 1. The summed E-state index contributed by atoms with van der Waals surface area (Å²) >= 11 is 0. The summed E-state index contributed by atoms with van der Waals surface area (Å²) in [5.74, 6) is -0.424. The van der Waals surface area contributed by atoms with Crippen LogP contribution in [0.15, 0.2) is 30.3 Å². The average molecular weight is 235 g/mol. The molecule has 1 heterocycles. The van der Waals surface area contributed by atoms with Crippen molar-refractivity contribution < 1.29 is 13.9 Å². The molecule has 2 aromatic rings. The normalized spacial score (nSPS) is 10.2. The second-order valence-electron chi connectivity index (χ2n) is 3.42. The molecule has 0 aliphatic carbocycles. The number of benzene rings is 1. The van der Waals surface area contributed by atoms with E-state index in [0.29, 0.717) is 5.82 Å². The van der Waals surface area contributed by atoms with Crippen LogP contribution in [0.2, 0.25) is 0 Å². The second kappa shape index (κ2) is 4.25. The monoisotopic (exact) mass is 235 g/mol. The minimum atomic E-state index is -0.635. The lowest BCUT2D eigenvalue weighted by molar-refractivity contribution is 0.0727. The molecule has 2 N–H and O–H groups in total. The van der Waals surface area contributed by atoms with Crippen LogP contribution in [0.1, 0.15) is 10.5 Å². The Labute approximate surface area is 96.6 Å². The first-order valence-electron chi connectivity index (χ1n) is 4.83. The van der Waals surface area contributed by atoms with Crippen LogP contribution >= 0.6 is 0 Å². The van der Waals surface area contributed by atoms with Gasteiger partial charge in [-0.3, -0.25) is 4.68 Å². The smallest absolute Gasteiger partial charge is 0.364 e. The molecule has 0 aliphatic rings. The molecular formula is C11H10FN3O2. The number of anilines is 1. The molecule has 0 bridgehead atoms. The van der Waals surface area contributed by atoms with Crippen LogP contribution in [-0.4, -0.2) is 15.7 Å². The lowest BCUT2D eigenvalue weighted by Gasteiger charge is -2.01. The van der Waals surface area contributed by atoms with Crippen molar-refractivity contribution in [3.05, 3.63) is 41.8 Å². The third-order valence-corrected chi connectivity index (χ3v) is 2.15. The molecule has 0 unspecified atom stereocenters. The van der Waals surface area contributed by atoms with Gasteiger partial charge in [0.25, 0.3) is 0 Å². The van der Waals surface area contributed by atoms with Crippen LogP contribution in [-0.2, 0) is 7.05 Å². The lowest BCUT2D eigenvalue weighted by Crippen LogP contribution is -2.09. The molecular weight excluding hydrogens is 225 g/mol. The quantitative estimate of drug-likeness (QED) is 0.630. The van der Waals surface area contributed by atoms with E-state index < -0.39 is 11.8 Å². The Bertz CT molecular complexity index is 529. The predicted molar refractivity (Wildman–Crippen MR) is 59.0 cm³/mol. The van der Waals surface area contributed by atoms with Crippen LogP contribution in [0.4, 0.5) is 10.2 Å². The highest BCUT2D eigenvalue weighted by molar-refractivity contribution is 5.89. The number of esters is 1. The largest absolute Gasteiger partial charge is 0.422 e. The maximum atomic E-state index is 12.6. The summed E-state index contributed by atoms with van der Waals surface area (Å²) in [6, 6.07) is 6.54. The fourth-order valence-corrected chi connectivity index (χ4v) is 1.24. The number of aromatic nitrogens is 2. The van der Waals surface area contributed by atoms with E-state index in [9.17, 15) is 9.18 Å². The second-order valence-corrected chi connectivity index (χ2v) is 3.42. The summed E-state index contributed by atoms with van der Waals surface area (Å²) in [4.78, 5) is 11.6. The Hall–Kier alpha value is -2.37. The molecule has 1 aromatic heterocycles. The van der Waals surface area contributed by atoms with Crippen LogP contribution in [0.3, 0.4) is 0 Å². The first-order chi connectivity index (χ1) is 8.06. The number of nitrogens with zero attached hydrogens (tertiary/aromatic N) is 2. The average Bonchev–Trinajstić information content (AvgIpc) is 2.63. The molecule has 0 aliphatic heterocycles. The Morgan fingerprint density at radius 2 is 2.06 bits per heavy atom. The molecule has 0 fully saturated rings. The van der Waals surface area contributed by atoms with Crippen LogP contribution < -0.4 is 10.5 Å². The van der Waals surface area contributed by atoms with Gasteiger partial charge in [0.2, 0.25) is 0 Å². The minimum absolute atomic E-state index is 0.106. The number of hydrogen-bond acceptors (Lipinski definition) is 4. The number of hydrogen-bond donors (Lipinski definition) is 1. The van der Waals surface area contributed by atoms with Crippen molar-refractivity contribution >= 4 is 11.8 Å². The number of nitrogens with two attached hydrogens (primary N) is 1. The van der Waals surface area contributed by atoms with Gasteiger partial charge in [0.05, 0.1) is 0 Å². The fraction of sp³-hybridized carbons (Fsp3) is 0.0909. The number of rotatable bonds is 2. The van der Waals surface area contributed by atoms with Crippen molar-refractivity contribution in [2.75, 3.05) is 5.73 Å². The van der Waals surface area contributed by atoms with Gasteiger partial charge in [-0.05, 0) is 24.3 Å². The number of carbonyl (C=O) groups is 1. The molecule has 2 rings (SSSR count). The summed E-state index contributed by atoms with van der Waals surface area (Å²) in [6.45, 7) is 0. The maximum absolute atomic E-state index is 12.6. The standard InChI is InChI=1S/C11H10FN3O2/c1-15-10(13)6-9(14-15)11(16)17-8-4-2-7(12)3-5-8/h2-6H,13H2,1H3. The predicted octanol–water partition coefficient (Wildman–Crippen LogP) is 1.36. The third kappa shape index (κ3) is 2.41. The molecule has 0 saturated carbocycles. The highest BCUT2D eigenvalue weighted by atomic mass is 19.1. The summed E-state index contributed by atoms with van der Waals surface area (Å²) in [6.07, 6.45) is 0. The Morgan fingerprint density at radius 1 is 1.41 bits per heavy atom. The molecule has 0 amide bonds. The molecule has 0 saturated heterocycles. The van der Waals surface area contributed by atoms with Gasteiger partial charge in [0, 0.05) is 13.1 Å². The van der Waals surface area contributed by atoms with E-state index in [1.165, 1.54) is 35.0 Å². The van der Waals surface area contributed by atoms with Crippen molar-refractivity contribution in [1.82, 2.24) is 9.78 Å². The summed E-state index contributed by atoms with van der Waals surface area (Å²) in [5, 5.41) is 3.87. The molecule has 17 heavy (non-hydrogen) atoms. The summed E-state index contributed by atoms with van der Waals surface area (Å²) in [5.41, 5.74) is 5.64. The molecule has 0 spiro atoms. The van der Waals surface area contributed by atoms with E-state index in [-0.39, 0.29) is 11.4 Å². The first kappa shape index (κ1) is 11.1. The first-order valence-corrected chi connectivity index (χ1v) is 4.83. The Kier molecular flexibility index (Phi) is 2.78. The third-order valence-electron chi connectivity index (χ3n) is 2.15. The Morgan fingerprint density at radius 3 is 2.59 bits per heavy atom. The minimum Gasteiger partial charge on any atom is -0.422 e. The zero-order chi connectivity index (χ0) is 12.4. The number of halogens is 1. The van der Waals surface area contributed by atoms with Gasteiger partial charge in [-0.2, -0.15) is 5.10 Å². The van der Waals surface area contributed by atoms with Crippen LogP contribution in [0, 0.1) is 5.82 Å². The van der Waals surface area contributed by atoms with Gasteiger partial charge >= 0.3 is 5.97 Å². The number of ether oxygens (including phenoxy) is 1. The van der Waals surface area contributed by atoms with E-state index in [0.717, 1.165) is 0 Å². The van der Waals surface area contributed by atoms with Crippen molar-refractivity contribution in [2.45, 2.75) is 0 Å². The van der Waals surface area contributed by atoms with Gasteiger partial charge in [-0.25, -0.2) is 9.18 Å². The molecule has 6 heteroatoms. The Balaban J connectivity index is 2.14. The van der Waals surface area contributed by atoms with Gasteiger partial charge < -0.3 is 10.5 Å². The van der Waals surface area contributed by atoms with Gasteiger partial charge in [-0.1, -0.05) is 0 Å². The SMILES string of the molecule is Cn1nc(C(=O)Oc2ccc(F)cc2)cc1N. The van der Waals surface area contributed by atoms with E-state index >= 15 is 0 Å². The van der Waals surface area contributed by atoms with Crippen molar-refractivity contribution in [1.29, 1.82) is 0 Å². The number of aryl methyl sites for hydroxylation is 1. The van der Waals surface area contributed by atoms with E-state index in [1.54, 1.807) is 7.05 Å². The molecule has 0 atom stereocenters. The lowest BCUT2D eigenvalue weighted by atomic mass is 10.3. The van der Waals surface area contributed by atoms with Crippen LogP contribution in [0.5, 0.6) is 5.75 Å². The zero-order valence-electron chi connectivity index (χ0n) is 9.05. The van der Waals surface area contributed by atoms with Crippen molar-refractivity contribution in [3.8, 4) is 5.75 Å². The van der Waals surface area contributed by atoms with E-state index in [4.69, 9.17) is 10.5 Å². The van der Waals surface area contributed by atoms with Crippen molar-refractivity contribution in [3.63, 3.8) is 0 Å². The van der Waals surface area contributed by atoms with Crippen molar-refractivity contribution in [2.24, 2.45) is 7.05 Å². The molecule has 1 aromatic carbocycles. The molecule has 5 nitrogen and oxygen atoms in total. The molecule has 88 valence electrons. The topological polar surface area (TPSA) is 70.1 Å². The zero-order valence-corrected chi connectivity index (χ0v) is 9.05. The van der Waals surface area contributed by atoms with Gasteiger partial charge in [0.1, 0.15) is 17.4 Å².